The van der Waals surface area contributed by atoms with Gasteiger partial charge in [0.05, 0.1) is 5.69 Å². The minimum Gasteiger partial charge on any atom is -0.457 e. The zero-order valence-electron chi connectivity index (χ0n) is 15.0. The number of ether oxygens (including phenoxy) is 3. The summed E-state index contributed by atoms with van der Waals surface area (Å²) in [4.78, 5) is 22.7. The number of rotatable bonds is 4. The molecule has 0 saturated heterocycles. The fraction of sp³-hybridized carbons (Fsp3) is 0.263. The average molecular weight is 361 g/mol. The van der Waals surface area contributed by atoms with Crippen LogP contribution in [0.1, 0.15) is 27.7 Å². The summed E-state index contributed by atoms with van der Waals surface area (Å²) in [6.45, 7) is 6.43. The Kier molecular flexibility index (Phi) is 5.82. The zero-order chi connectivity index (χ0) is 19.3. The Morgan fingerprint density at radius 2 is 1.65 bits per heavy atom. The number of anilines is 1. The third-order valence-electron chi connectivity index (χ3n) is 2.88. The molecule has 0 aromatic heterocycles. The number of amides is 1. The summed E-state index contributed by atoms with van der Waals surface area (Å²) in [5.41, 5.74) is -0.711. The molecule has 2 rings (SSSR count). The number of benzene rings is 2. The first-order chi connectivity index (χ1) is 12.1. The first-order valence-corrected chi connectivity index (χ1v) is 7.88. The van der Waals surface area contributed by atoms with Crippen LogP contribution < -0.4 is 14.8 Å². The maximum Gasteiger partial charge on any atom is 0.412 e. The molecular weight excluding hydrogens is 341 g/mol. The quantitative estimate of drug-likeness (QED) is 0.620. The molecule has 1 N–H and O–H groups in total. The topological polar surface area (TPSA) is 73.9 Å². The monoisotopic (exact) mass is 361 g/mol. The van der Waals surface area contributed by atoms with Gasteiger partial charge in [-0.3, -0.25) is 10.1 Å². The molecule has 0 aliphatic carbocycles. The van der Waals surface area contributed by atoms with Gasteiger partial charge in [0.15, 0.2) is 5.82 Å². The SMILES string of the molecule is CC(=O)Oc1cccc(Oc2ccc(NC(=O)OC(C)(C)C)c(F)c2)c1. The van der Waals surface area contributed by atoms with E-state index in [-0.39, 0.29) is 11.4 Å². The molecule has 0 radical (unpaired) electrons. The number of nitrogens with one attached hydrogen (secondary N) is 1. The van der Waals surface area contributed by atoms with Crippen molar-refractivity contribution in [3.8, 4) is 17.2 Å². The maximum absolute atomic E-state index is 14.2. The highest BCUT2D eigenvalue weighted by molar-refractivity contribution is 5.85. The van der Waals surface area contributed by atoms with Gasteiger partial charge in [0.25, 0.3) is 0 Å². The molecule has 0 heterocycles. The lowest BCUT2D eigenvalue weighted by molar-refractivity contribution is -0.131. The Labute approximate surface area is 150 Å². The normalized spacial score (nSPS) is 10.8. The fourth-order valence-electron chi connectivity index (χ4n) is 1.98. The molecule has 6 nitrogen and oxygen atoms in total. The third-order valence-corrected chi connectivity index (χ3v) is 2.88. The van der Waals surface area contributed by atoms with Gasteiger partial charge in [-0.05, 0) is 45.0 Å². The molecule has 0 aliphatic rings. The van der Waals surface area contributed by atoms with Crippen molar-refractivity contribution in [2.75, 3.05) is 5.32 Å². The summed E-state index contributed by atoms with van der Waals surface area (Å²) in [6.07, 6.45) is -0.751. The highest BCUT2D eigenvalue weighted by Gasteiger charge is 2.17. The Morgan fingerprint density at radius 3 is 2.27 bits per heavy atom. The van der Waals surface area contributed by atoms with Gasteiger partial charge < -0.3 is 14.2 Å². The van der Waals surface area contributed by atoms with Crippen molar-refractivity contribution >= 4 is 17.7 Å². The van der Waals surface area contributed by atoms with Crippen LogP contribution in [0.5, 0.6) is 17.2 Å². The molecule has 0 unspecified atom stereocenters. The number of esters is 1. The van der Waals surface area contributed by atoms with Crippen LogP contribution in [0.3, 0.4) is 0 Å². The lowest BCUT2D eigenvalue weighted by Gasteiger charge is -2.19. The van der Waals surface area contributed by atoms with E-state index in [4.69, 9.17) is 14.2 Å². The van der Waals surface area contributed by atoms with Crippen molar-refractivity contribution in [3.05, 3.63) is 48.3 Å². The zero-order valence-corrected chi connectivity index (χ0v) is 15.0. The summed E-state index contributed by atoms with van der Waals surface area (Å²) in [5.74, 6) is -0.220. The van der Waals surface area contributed by atoms with Gasteiger partial charge in [0, 0.05) is 19.1 Å². The van der Waals surface area contributed by atoms with Gasteiger partial charge in [-0.2, -0.15) is 0 Å². The van der Waals surface area contributed by atoms with Gasteiger partial charge in [0.1, 0.15) is 22.8 Å². The van der Waals surface area contributed by atoms with Gasteiger partial charge in [-0.1, -0.05) is 6.07 Å². The summed E-state index contributed by atoms with van der Waals surface area (Å²) in [6, 6.07) is 10.4. The van der Waals surface area contributed by atoms with E-state index in [1.54, 1.807) is 39.0 Å². The molecule has 0 aliphatic heterocycles. The first-order valence-electron chi connectivity index (χ1n) is 7.88. The molecule has 1 amide bonds. The number of hydrogen-bond donors (Lipinski definition) is 1. The fourth-order valence-corrected chi connectivity index (χ4v) is 1.98. The molecule has 0 saturated carbocycles. The number of carbonyl (C=O) groups excluding carboxylic acids is 2. The van der Waals surface area contributed by atoms with Crippen LogP contribution >= 0.6 is 0 Å². The molecule has 0 bridgehead atoms. The third kappa shape index (κ3) is 6.08. The summed E-state index contributed by atoms with van der Waals surface area (Å²) in [5, 5.41) is 2.34. The predicted molar refractivity (Wildman–Crippen MR) is 94.1 cm³/mol. The van der Waals surface area contributed by atoms with E-state index in [0.29, 0.717) is 11.5 Å². The number of hydrogen-bond acceptors (Lipinski definition) is 5. The van der Waals surface area contributed by atoms with Gasteiger partial charge in [-0.25, -0.2) is 9.18 Å². The Balaban J connectivity index is 2.07. The highest BCUT2D eigenvalue weighted by atomic mass is 19.1. The second-order valence-electron chi connectivity index (χ2n) is 6.44. The van der Waals surface area contributed by atoms with E-state index in [2.05, 4.69) is 5.32 Å². The molecule has 0 fully saturated rings. The molecule has 2 aromatic rings. The van der Waals surface area contributed by atoms with Crippen LogP contribution in [0.15, 0.2) is 42.5 Å². The molecule has 138 valence electrons. The van der Waals surface area contributed by atoms with Crippen LogP contribution in [-0.4, -0.2) is 17.7 Å². The van der Waals surface area contributed by atoms with Gasteiger partial charge in [0.2, 0.25) is 0 Å². The van der Waals surface area contributed by atoms with Crippen LogP contribution in [0.25, 0.3) is 0 Å². The predicted octanol–water partition coefficient (Wildman–Crippen LogP) is 4.89. The van der Waals surface area contributed by atoms with Crippen molar-refractivity contribution in [1.82, 2.24) is 0 Å². The van der Waals surface area contributed by atoms with Crippen LogP contribution in [0.4, 0.5) is 14.9 Å². The molecule has 26 heavy (non-hydrogen) atoms. The number of halogens is 1. The van der Waals surface area contributed by atoms with Gasteiger partial charge in [-0.15, -0.1) is 0 Å². The van der Waals surface area contributed by atoms with Crippen LogP contribution in [-0.2, 0) is 9.53 Å². The minimum absolute atomic E-state index is 0.0275. The largest absolute Gasteiger partial charge is 0.457 e. The average Bonchev–Trinajstić information content (AvgIpc) is 2.48. The van der Waals surface area contributed by atoms with Crippen molar-refractivity contribution in [2.24, 2.45) is 0 Å². The molecule has 0 atom stereocenters. The lowest BCUT2D eigenvalue weighted by Crippen LogP contribution is -2.27. The molecular formula is C19H20FNO5. The first kappa shape index (κ1) is 19.2. The minimum atomic E-state index is -0.751. The van der Waals surface area contributed by atoms with Crippen molar-refractivity contribution in [2.45, 2.75) is 33.3 Å². The van der Waals surface area contributed by atoms with Gasteiger partial charge >= 0.3 is 12.1 Å². The smallest absolute Gasteiger partial charge is 0.412 e. The van der Waals surface area contributed by atoms with Crippen LogP contribution in [0, 0.1) is 5.82 Å². The standard InChI is InChI=1S/C19H20FNO5/c1-12(22)24-13-6-5-7-14(10-13)25-15-8-9-17(16(20)11-15)21-18(23)26-19(2,3)4/h5-11H,1-4H3,(H,21,23). The summed E-state index contributed by atoms with van der Waals surface area (Å²) in [7, 11) is 0. The van der Waals surface area contributed by atoms with Crippen molar-refractivity contribution < 1.29 is 28.2 Å². The lowest BCUT2D eigenvalue weighted by atomic mass is 10.2. The summed E-state index contributed by atoms with van der Waals surface area (Å²) < 4.78 is 29.8. The van der Waals surface area contributed by atoms with E-state index in [9.17, 15) is 14.0 Å². The van der Waals surface area contributed by atoms with Crippen molar-refractivity contribution in [3.63, 3.8) is 0 Å². The van der Waals surface area contributed by atoms with E-state index < -0.39 is 23.5 Å². The maximum atomic E-state index is 14.2. The molecule has 2 aromatic carbocycles. The summed E-state index contributed by atoms with van der Waals surface area (Å²) >= 11 is 0. The highest BCUT2D eigenvalue weighted by Crippen LogP contribution is 2.28. The Bertz CT molecular complexity index is 814. The molecule has 0 spiro atoms. The molecule has 7 heteroatoms. The number of carbonyl (C=O) groups is 2. The Hall–Kier alpha value is -3.09. The van der Waals surface area contributed by atoms with E-state index in [1.807, 2.05) is 0 Å². The second-order valence-corrected chi connectivity index (χ2v) is 6.44. The second kappa shape index (κ2) is 7.86. The van der Waals surface area contributed by atoms with E-state index >= 15 is 0 Å². The van der Waals surface area contributed by atoms with Crippen molar-refractivity contribution in [1.29, 1.82) is 0 Å². The van der Waals surface area contributed by atoms with Crippen LogP contribution in [0.2, 0.25) is 0 Å². The van der Waals surface area contributed by atoms with E-state index in [1.165, 1.54) is 25.1 Å². The Morgan fingerprint density at radius 1 is 1.00 bits per heavy atom. The van der Waals surface area contributed by atoms with E-state index in [0.717, 1.165) is 6.07 Å².